The average molecular weight is 461 g/mol. The molecule has 5 nitrogen and oxygen atoms in total. The Morgan fingerprint density at radius 1 is 1.03 bits per heavy atom. The van der Waals surface area contributed by atoms with Crippen molar-refractivity contribution < 1.29 is 32.9 Å². The topological polar surface area (TPSA) is 65.0 Å². The van der Waals surface area contributed by atoms with Crippen LogP contribution in [0.2, 0.25) is 0 Å². The smallest absolute Gasteiger partial charge is 0.329 e. The van der Waals surface area contributed by atoms with Crippen LogP contribution in [0, 0.1) is 23.5 Å². The van der Waals surface area contributed by atoms with Crippen molar-refractivity contribution in [1.29, 1.82) is 0 Å². The van der Waals surface area contributed by atoms with E-state index in [0.717, 1.165) is 36.8 Å². The number of ether oxygens (including phenoxy) is 3. The largest absolute Gasteiger partial charge is 0.480 e. The number of carboxylic acids is 1. The number of rotatable bonds is 12. The lowest BCUT2D eigenvalue weighted by molar-refractivity contribution is -0.142. The molecule has 178 valence electrons. The van der Waals surface area contributed by atoms with E-state index in [-0.39, 0.29) is 35.7 Å². The summed E-state index contributed by atoms with van der Waals surface area (Å²) in [5.74, 6) is -0.990. The van der Waals surface area contributed by atoms with E-state index in [1.165, 1.54) is 24.3 Å². The second-order valence-corrected chi connectivity index (χ2v) is 9.07. The molecule has 0 aromatic heterocycles. The molecule has 33 heavy (non-hydrogen) atoms. The van der Waals surface area contributed by atoms with Gasteiger partial charge < -0.3 is 19.3 Å². The second kappa shape index (κ2) is 10.7. The predicted octanol–water partition coefficient (Wildman–Crippen LogP) is 4.73. The molecule has 2 aliphatic rings. The summed E-state index contributed by atoms with van der Waals surface area (Å²) in [4.78, 5) is 10.6. The number of hydrogen-bond donors (Lipinski definition) is 1. The van der Waals surface area contributed by atoms with Crippen LogP contribution >= 0.6 is 0 Å². The quantitative estimate of drug-likeness (QED) is 0.464. The highest BCUT2D eigenvalue weighted by Gasteiger charge is 2.59. The Hall–Kier alpha value is -2.35. The third-order valence-electron chi connectivity index (χ3n) is 7.02. The molecule has 2 fully saturated rings. The molecule has 0 unspecified atom stereocenters. The van der Waals surface area contributed by atoms with Crippen LogP contribution in [0.3, 0.4) is 0 Å². The van der Waals surface area contributed by atoms with Crippen molar-refractivity contribution in [3.8, 4) is 0 Å². The lowest BCUT2D eigenvalue weighted by Gasteiger charge is -2.39. The molecule has 0 radical (unpaired) electrons. The summed E-state index contributed by atoms with van der Waals surface area (Å²) in [6.07, 6.45) is 3.56. The summed E-state index contributed by atoms with van der Waals surface area (Å²) in [5, 5.41) is 8.71. The molecule has 2 bridgehead atoms. The van der Waals surface area contributed by atoms with Gasteiger partial charge in [-0.25, -0.2) is 13.6 Å². The maximum atomic E-state index is 13.6. The molecule has 1 saturated carbocycles. The van der Waals surface area contributed by atoms with Gasteiger partial charge in [-0.3, -0.25) is 0 Å². The minimum absolute atomic E-state index is 0.0801. The van der Waals surface area contributed by atoms with Gasteiger partial charge in [-0.1, -0.05) is 30.7 Å². The van der Waals surface area contributed by atoms with Crippen LogP contribution in [0.5, 0.6) is 0 Å². The van der Waals surface area contributed by atoms with Crippen LogP contribution < -0.4 is 0 Å². The van der Waals surface area contributed by atoms with Gasteiger partial charge in [0.25, 0.3) is 0 Å². The third kappa shape index (κ3) is 5.60. The lowest BCUT2D eigenvalue weighted by atomic mass is 9.69. The summed E-state index contributed by atoms with van der Waals surface area (Å²) in [7, 11) is 0. The standard InChI is InChI=1S/C26H30F2O5/c27-20-8-4-18(5-9-20)14-32-15-22-23(3-1-2-12-31-16-25(29)30)26(13-24(22)33-17-26)19-6-10-21(28)11-7-19/h4-11,22-24H,1-3,12-17H2,(H,29,30)/t22-,23-,24-,26-/m0/s1. The molecule has 1 heterocycles. The van der Waals surface area contributed by atoms with Crippen molar-refractivity contribution in [2.24, 2.45) is 11.8 Å². The third-order valence-corrected chi connectivity index (χ3v) is 7.02. The van der Waals surface area contributed by atoms with Gasteiger partial charge >= 0.3 is 5.97 Å². The Morgan fingerprint density at radius 2 is 1.73 bits per heavy atom. The number of unbranched alkanes of at least 4 members (excludes halogenated alkanes) is 1. The Balaban J connectivity index is 1.42. The predicted molar refractivity (Wildman–Crippen MR) is 118 cm³/mol. The summed E-state index contributed by atoms with van der Waals surface area (Å²) in [6.45, 7) is 1.68. The van der Waals surface area contributed by atoms with Crippen molar-refractivity contribution in [1.82, 2.24) is 0 Å². The van der Waals surface area contributed by atoms with Crippen molar-refractivity contribution in [3.63, 3.8) is 0 Å². The van der Waals surface area contributed by atoms with E-state index >= 15 is 0 Å². The van der Waals surface area contributed by atoms with Crippen LogP contribution in [-0.2, 0) is 31.0 Å². The van der Waals surface area contributed by atoms with Crippen molar-refractivity contribution in [2.45, 2.75) is 43.8 Å². The summed E-state index contributed by atoms with van der Waals surface area (Å²) >= 11 is 0. The molecular weight excluding hydrogens is 430 g/mol. The fourth-order valence-corrected chi connectivity index (χ4v) is 5.47. The average Bonchev–Trinajstić information content (AvgIpc) is 3.36. The molecule has 0 spiro atoms. The molecule has 4 rings (SSSR count). The van der Waals surface area contributed by atoms with Crippen molar-refractivity contribution in [3.05, 3.63) is 71.3 Å². The number of benzene rings is 2. The van der Waals surface area contributed by atoms with E-state index < -0.39 is 5.97 Å². The Morgan fingerprint density at radius 3 is 2.42 bits per heavy atom. The normalized spacial score (nSPS) is 26.1. The van der Waals surface area contributed by atoms with Crippen LogP contribution in [0.4, 0.5) is 8.78 Å². The summed E-state index contributed by atoms with van der Waals surface area (Å²) in [5.41, 5.74) is 1.84. The Kier molecular flexibility index (Phi) is 7.73. The highest BCUT2D eigenvalue weighted by molar-refractivity contribution is 5.67. The molecule has 1 aliphatic carbocycles. The molecule has 0 amide bonds. The summed E-state index contributed by atoms with van der Waals surface area (Å²) in [6, 6.07) is 13.1. The number of hydrogen-bond acceptors (Lipinski definition) is 4. The minimum atomic E-state index is -0.964. The Labute approximate surface area is 192 Å². The zero-order valence-electron chi connectivity index (χ0n) is 18.6. The number of aliphatic carboxylic acids is 1. The van der Waals surface area contributed by atoms with E-state index in [1.54, 1.807) is 12.1 Å². The molecule has 2 aromatic rings. The van der Waals surface area contributed by atoms with Gasteiger partial charge in [-0.15, -0.1) is 0 Å². The minimum Gasteiger partial charge on any atom is -0.480 e. The highest BCUT2D eigenvalue weighted by atomic mass is 19.1. The van der Waals surface area contributed by atoms with E-state index in [1.807, 2.05) is 12.1 Å². The van der Waals surface area contributed by atoms with Crippen molar-refractivity contribution in [2.75, 3.05) is 26.4 Å². The van der Waals surface area contributed by atoms with Crippen LogP contribution in [-0.4, -0.2) is 43.6 Å². The first-order valence-corrected chi connectivity index (χ1v) is 11.5. The van der Waals surface area contributed by atoms with E-state index in [0.29, 0.717) is 32.3 Å². The van der Waals surface area contributed by atoms with Gasteiger partial charge in [-0.2, -0.15) is 0 Å². The first-order chi connectivity index (χ1) is 16.0. The van der Waals surface area contributed by atoms with Gasteiger partial charge in [0.2, 0.25) is 0 Å². The molecule has 1 N–H and O–H groups in total. The molecule has 7 heteroatoms. The first kappa shape index (κ1) is 23.8. The van der Waals surface area contributed by atoms with E-state index in [9.17, 15) is 13.6 Å². The highest BCUT2D eigenvalue weighted by Crippen LogP contribution is 2.56. The van der Waals surface area contributed by atoms with Gasteiger partial charge in [0, 0.05) is 17.9 Å². The lowest BCUT2D eigenvalue weighted by Crippen LogP contribution is -2.41. The SMILES string of the molecule is O=C(O)COCCCC[C@H]1[C@H](COCc2ccc(F)cc2)[C@@H]2C[C@@]1(c1ccc(F)cc1)CO2. The zero-order chi connectivity index (χ0) is 23.3. The van der Waals surface area contributed by atoms with Crippen LogP contribution in [0.1, 0.15) is 36.8 Å². The van der Waals surface area contributed by atoms with E-state index in [4.69, 9.17) is 19.3 Å². The van der Waals surface area contributed by atoms with Gasteiger partial charge in [0.05, 0.1) is 25.9 Å². The molecule has 1 saturated heterocycles. The fraction of sp³-hybridized carbons (Fsp3) is 0.500. The second-order valence-electron chi connectivity index (χ2n) is 9.07. The number of carbonyl (C=O) groups is 1. The maximum Gasteiger partial charge on any atom is 0.329 e. The number of fused-ring (bicyclic) bond motifs is 2. The van der Waals surface area contributed by atoms with Gasteiger partial charge in [0.1, 0.15) is 18.2 Å². The maximum absolute atomic E-state index is 13.6. The Bertz CT molecular complexity index is 917. The number of carboxylic acid groups (broad SMARTS) is 1. The molecule has 2 aromatic carbocycles. The van der Waals surface area contributed by atoms with Gasteiger partial charge in [0.15, 0.2) is 0 Å². The van der Waals surface area contributed by atoms with E-state index in [2.05, 4.69) is 0 Å². The molecule has 4 atom stereocenters. The fourth-order valence-electron chi connectivity index (χ4n) is 5.47. The van der Waals surface area contributed by atoms with Crippen LogP contribution in [0.25, 0.3) is 0 Å². The monoisotopic (exact) mass is 460 g/mol. The van der Waals surface area contributed by atoms with Gasteiger partial charge in [-0.05, 0) is 60.6 Å². The zero-order valence-corrected chi connectivity index (χ0v) is 18.6. The molecular formula is C26H30F2O5. The first-order valence-electron chi connectivity index (χ1n) is 11.5. The molecule has 1 aliphatic heterocycles. The van der Waals surface area contributed by atoms with Crippen LogP contribution in [0.15, 0.2) is 48.5 Å². The van der Waals surface area contributed by atoms with Crippen molar-refractivity contribution >= 4 is 5.97 Å². The summed E-state index contributed by atoms with van der Waals surface area (Å²) < 4.78 is 44.1. The number of halogens is 2.